The van der Waals surface area contributed by atoms with Gasteiger partial charge in [0.25, 0.3) is 5.91 Å². The molecule has 152 valence electrons. The van der Waals surface area contributed by atoms with Crippen LogP contribution in [0.1, 0.15) is 17.5 Å². The van der Waals surface area contributed by atoms with Gasteiger partial charge in [0, 0.05) is 0 Å². The molecule has 0 unspecified atom stereocenters. The molecule has 1 amide bonds. The van der Waals surface area contributed by atoms with Crippen LogP contribution >= 0.6 is 11.3 Å². The maximum absolute atomic E-state index is 12.3. The number of esters is 1. The fourth-order valence-electron chi connectivity index (χ4n) is 2.64. The predicted octanol–water partition coefficient (Wildman–Crippen LogP) is 3.70. The summed E-state index contributed by atoms with van der Waals surface area (Å²) in [4.78, 5) is 28.7. The number of para-hydroxylation sites is 1. The molecule has 1 aromatic heterocycles. The molecule has 1 heterocycles. The van der Waals surface area contributed by atoms with E-state index in [9.17, 15) is 9.59 Å². The number of fused-ring (bicyclic) bond motifs is 1. The molecule has 1 atom stereocenters. The zero-order valence-electron chi connectivity index (χ0n) is 16.4. The zero-order valence-corrected chi connectivity index (χ0v) is 17.2. The van der Waals surface area contributed by atoms with Crippen LogP contribution in [-0.2, 0) is 25.7 Å². The highest BCUT2D eigenvalue weighted by atomic mass is 32.1. The van der Waals surface area contributed by atoms with Gasteiger partial charge in [-0.15, -0.1) is 11.3 Å². The number of rotatable bonds is 8. The smallest absolute Gasteiger partial charge is 0.332 e. The summed E-state index contributed by atoms with van der Waals surface area (Å²) in [7, 11) is 1.52. The van der Waals surface area contributed by atoms with E-state index < -0.39 is 18.0 Å². The standard InChI is InChI=1S/C21H22N2O5S/c1-13-8-9-17(26-3)16(10-13)23-21(25)14(2)28-20(24)12-27-11-19-22-15-6-4-5-7-18(15)29-19/h4-10,14H,11-12H2,1-3H3,(H,23,25)/t14-/m0/s1. The molecule has 0 aliphatic carbocycles. The van der Waals surface area contributed by atoms with Crippen molar-refractivity contribution in [1.29, 1.82) is 0 Å². The molecular weight excluding hydrogens is 392 g/mol. The molecule has 8 heteroatoms. The van der Waals surface area contributed by atoms with E-state index in [1.807, 2.05) is 37.3 Å². The number of amides is 1. The molecule has 1 N–H and O–H groups in total. The molecule has 0 fully saturated rings. The first-order chi connectivity index (χ1) is 14.0. The van der Waals surface area contributed by atoms with Crippen LogP contribution in [0, 0.1) is 6.92 Å². The third kappa shape index (κ3) is 5.52. The monoisotopic (exact) mass is 414 g/mol. The largest absolute Gasteiger partial charge is 0.495 e. The van der Waals surface area contributed by atoms with Crippen LogP contribution in [0.25, 0.3) is 10.2 Å². The summed E-state index contributed by atoms with van der Waals surface area (Å²) in [6, 6.07) is 13.2. The molecule has 3 rings (SSSR count). The van der Waals surface area contributed by atoms with Crippen LogP contribution in [0.5, 0.6) is 5.75 Å². The van der Waals surface area contributed by atoms with Crippen LogP contribution in [0.2, 0.25) is 0 Å². The number of methoxy groups -OCH3 is 1. The first-order valence-electron chi connectivity index (χ1n) is 9.03. The Labute approximate surface area is 172 Å². The molecule has 7 nitrogen and oxygen atoms in total. The van der Waals surface area contributed by atoms with Crippen molar-refractivity contribution in [3.8, 4) is 5.75 Å². The lowest BCUT2D eigenvalue weighted by Crippen LogP contribution is -2.31. The van der Waals surface area contributed by atoms with Gasteiger partial charge in [0.1, 0.15) is 17.4 Å². The summed E-state index contributed by atoms with van der Waals surface area (Å²) < 4.78 is 16.8. The number of carbonyl (C=O) groups is 2. The van der Waals surface area contributed by atoms with Crippen LogP contribution < -0.4 is 10.1 Å². The quantitative estimate of drug-likeness (QED) is 0.566. The average Bonchev–Trinajstić information content (AvgIpc) is 3.10. The predicted molar refractivity (Wildman–Crippen MR) is 111 cm³/mol. The van der Waals surface area contributed by atoms with Gasteiger partial charge in [-0.25, -0.2) is 9.78 Å². The summed E-state index contributed by atoms with van der Waals surface area (Å²) in [6.07, 6.45) is -0.973. The molecule has 0 radical (unpaired) electrons. The molecule has 29 heavy (non-hydrogen) atoms. The van der Waals surface area contributed by atoms with Gasteiger partial charge in [0.05, 0.1) is 29.6 Å². The number of hydrogen-bond donors (Lipinski definition) is 1. The molecule has 3 aromatic rings. The minimum Gasteiger partial charge on any atom is -0.495 e. The molecule has 0 aliphatic heterocycles. The van der Waals surface area contributed by atoms with E-state index in [1.165, 1.54) is 25.4 Å². The van der Waals surface area contributed by atoms with Crippen LogP contribution in [0.4, 0.5) is 5.69 Å². The Morgan fingerprint density at radius 1 is 1.21 bits per heavy atom. The molecule has 0 spiro atoms. The third-order valence-electron chi connectivity index (χ3n) is 4.07. The summed E-state index contributed by atoms with van der Waals surface area (Å²) >= 11 is 1.51. The molecule has 0 bridgehead atoms. The Morgan fingerprint density at radius 2 is 2.00 bits per heavy atom. The second kappa shape index (κ2) is 9.49. The van der Waals surface area contributed by atoms with Gasteiger partial charge in [-0.05, 0) is 43.7 Å². The summed E-state index contributed by atoms with van der Waals surface area (Å²) in [5, 5.41) is 3.49. The summed E-state index contributed by atoms with van der Waals surface area (Å²) in [5.41, 5.74) is 2.39. The Bertz CT molecular complexity index is 984. The lowest BCUT2D eigenvalue weighted by molar-refractivity contribution is -0.157. The van der Waals surface area contributed by atoms with Crippen LogP contribution in [0.15, 0.2) is 42.5 Å². The minimum atomic E-state index is -0.973. The highest BCUT2D eigenvalue weighted by Gasteiger charge is 2.19. The number of nitrogens with one attached hydrogen (secondary N) is 1. The number of benzene rings is 2. The van der Waals surface area contributed by atoms with Gasteiger partial charge in [0.15, 0.2) is 6.10 Å². The maximum Gasteiger partial charge on any atom is 0.332 e. The topological polar surface area (TPSA) is 86.8 Å². The number of ether oxygens (including phenoxy) is 3. The van der Waals surface area contributed by atoms with Crippen molar-refractivity contribution in [1.82, 2.24) is 4.98 Å². The first kappa shape index (κ1) is 20.8. The van der Waals surface area contributed by atoms with Gasteiger partial charge >= 0.3 is 5.97 Å². The van der Waals surface area contributed by atoms with E-state index in [0.717, 1.165) is 20.8 Å². The number of anilines is 1. The summed E-state index contributed by atoms with van der Waals surface area (Å²) in [6.45, 7) is 3.35. The number of carbonyl (C=O) groups excluding carboxylic acids is 2. The van der Waals surface area contributed by atoms with Crippen molar-refractivity contribution in [2.45, 2.75) is 26.6 Å². The summed E-state index contributed by atoms with van der Waals surface area (Å²) in [5.74, 6) is -0.542. The van der Waals surface area contributed by atoms with E-state index >= 15 is 0 Å². The van der Waals surface area contributed by atoms with E-state index in [4.69, 9.17) is 14.2 Å². The minimum absolute atomic E-state index is 0.204. The maximum atomic E-state index is 12.3. The lowest BCUT2D eigenvalue weighted by Gasteiger charge is -2.15. The second-order valence-electron chi connectivity index (χ2n) is 6.39. The molecule has 0 saturated carbocycles. The number of thiazole rings is 1. The van der Waals surface area contributed by atoms with Gasteiger partial charge in [0.2, 0.25) is 0 Å². The van der Waals surface area contributed by atoms with Crippen LogP contribution in [0.3, 0.4) is 0 Å². The van der Waals surface area contributed by atoms with Gasteiger partial charge in [-0.2, -0.15) is 0 Å². The van der Waals surface area contributed by atoms with Gasteiger partial charge in [-0.1, -0.05) is 18.2 Å². The first-order valence-corrected chi connectivity index (χ1v) is 9.85. The normalized spacial score (nSPS) is 11.8. The fourth-order valence-corrected chi connectivity index (χ4v) is 3.55. The van der Waals surface area contributed by atoms with Crippen molar-refractivity contribution < 1.29 is 23.8 Å². The zero-order chi connectivity index (χ0) is 20.8. The van der Waals surface area contributed by atoms with E-state index in [1.54, 1.807) is 12.1 Å². The lowest BCUT2D eigenvalue weighted by atomic mass is 10.2. The van der Waals surface area contributed by atoms with Crippen molar-refractivity contribution in [3.63, 3.8) is 0 Å². The van der Waals surface area contributed by atoms with E-state index in [0.29, 0.717) is 11.4 Å². The van der Waals surface area contributed by atoms with Crippen molar-refractivity contribution in [3.05, 3.63) is 53.0 Å². The SMILES string of the molecule is COc1ccc(C)cc1NC(=O)[C@H](C)OC(=O)COCc1nc2ccccc2s1. The highest BCUT2D eigenvalue weighted by Crippen LogP contribution is 2.25. The number of hydrogen-bond acceptors (Lipinski definition) is 7. The van der Waals surface area contributed by atoms with Crippen molar-refractivity contribution in [2.24, 2.45) is 0 Å². The average molecular weight is 414 g/mol. The van der Waals surface area contributed by atoms with E-state index in [-0.39, 0.29) is 13.2 Å². The number of nitrogens with zero attached hydrogens (tertiary/aromatic N) is 1. The Kier molecular flexibility index (Phi) is 6.79. The fraction of sp³-hybridized carbons (Fsp3) is 0.286. The van der Waals surface area contributed by atoms with Gasteiger partial charge < -0.3 is 19.5 Å². The Hall–Kier alpha value is -2.97. The number of aryl methyl sites for hydroxylation is 1. The van der Waals surface area contributed by atoms with Gasteiger partial charge in [-0.3, -0.25) is 4.79 Å². The molecule has 2 aromatic carbocycles. The Morgan fingerprint density at radius 3 is 2.76 bits per heavy atom. The molecule has 0 aliphatic rings. The Balaban J connectivity index is 1.47. The third-order valence-corrected chi connectivity index (χ3v) is 5.08. The van der Waals surface area contributed by atoms with Crippen molar-refractivity contribution >= 4 is 39.1 Å². The number of aromatic nitrogens is 1. The van der Waals surface area contributed by atoms with Crippen molar-refractivity contribution in [2.75, 3.05) is 19.0 Å². The van der Waals surface area contributed by atoms with E-state index in [2.05, 4.69) is 10.3 Å². The molecular formula is C21H22N2O5S. The van der Waals surface area contributed by atoms with Crippen LogP contribution in [-0.4, -0.2) is 36.7 Å². The second-order valence-corrected chi connectivity index (χ2v) is 7.51. The molecule has 0 saturated heterocycles. The highest BCUT2D eigenvalue weighted by molar-refractivity contribution is 7.18.